The summed E-state index contributed by atoms with van der Waals surface area (Å²) >= 11 is 0. The molecule has 0 atom stereocenters. The third-order valence-electron chi connectivity index (χ3n) is 8.68. The van der Waals surface area contributed by atoms with Crippen molar-refractivity contribution in [3.05, 3.63) is 106 Å². The lowest BCUT2D eigenvalue weighted by Gasteiger charge is -2.32. The fourth-order valence-corrected chi connectivity index (χ4v) is 6.23. The molecule has 50 heavy (non-hydrogen) atoms. The van der Waals surface area contributed by atoms with E-state index in [2.05, 4.69) is 22.5 Å². The topological polar surface area (TPSA) is 117 Å². The Morgan fingerprint density at radius 3 is 1.18 bits per heavy atom. The van der Waals surface area contributed by atoms with Crippen LogP contribution in [0.15, 0.2) is 72.8 Å². The molecule has 0 bridgehead atoms. The molecule has 4 aromatic carbocycles. The Hall–Kier alpha value is -5.94. The summed E-state index contributed by atoms with van der Waals surface area (Å²) in [6.07, 6.45) is 11.5. The quantitative estimate of drug-likeness (QED) is 0.103. The van der Waals surface area contributed by atoms with Gasteiger partial charge in [0.2, 0.25) is 0 Å². The van der Waals surface area contributed by atoms with Gasteiger partial charge in [0, 0.05) is 59.2 Å². The van der Waals surface area contributed by atoms with Crippen LogP contribution in [0.5, 0.6) is 11.5 Å². The lowest BCUT2D eigenvalue weighted by molar-refractivity contribution is 0.0587. The van der Waals surface area contributed by atoms with E-state index in [-0.39, 0.29) is 26.3 Å². The first-order chi connectivity index (χ1) is 24.4. The van der Waals surface area contributed by atoms with Gasteiger partial charge in [0.05, 0.1) is 0 Å². The number of nitrogens with one attached hydrogen (secondary N) is 2. The number of terminal acetylenes is 2. The largest absolute Gasteiger partial charge is 0.481 e. The average molecular weight is 669 g/mol. The van der Waals surface area contributed by atoms with E-state index in [4.69, 9.17) is 22.3 Å². The summed E-state index contributed by atoms with van der Waals surface area (Å²) < 4.78 is 10.8. The van der Waals surface area contributed by atoms with Crippen molar-refractivity contribution in [1.82, 2.24) is 20.4 Å². The Bertz CT molecular complexity index is 1810. The molecule has 2 aliphatic heterocycles. The maximum atomic E-state index is 13.6. The normalized spacial score (nSPS) is 13.4. The van der Waals surface area contributed by atoms with Gasteiger partial charge in [-0.05, 0) is 85.6 Å². The van der Waals surface area contributed by atoms with Crippen LogP contribution in [0.25, 0.3) is 10.8 Å². The number of nitrogens with zero attached hydrogens (tertiary/aromatic N) is 2. The molecule has 2 N–H and O–H groups in total. The zero-order valence-electron chi connectivity index (χ0n) is 27.5. The summed E-state index contributed by atoms with van der Waals surface area (Å²) in [6.45, 7) is 3.25. The van der Waals surface area contributed by atoms with Crippen LogP contribution in [-0.2, 0) is 13.1 Å². The molecule has 10 nitrogen and oxygen atoms in total. The Labute approximate surface area is 290 Å². The fourth-order valence-electron chi connectivity index (χ4n) is 6.23. The first-order valence-electron chi connectivity index (χ1n) is 16.4. The highest BCUT2D eigenvalue weighted by Gasteiger charge is 2.39. The molecule has 0 aliphatic carbocycles. The zero-order valence-corrected chi connectivity index (χ0v) is 27.5. The second-order valence-electron chi connectivity index (χ2n) is 11.9. The molecule has 0 radical (unpaired) electrons. The summed E-state index contributed by atoms with van der Waals surface area (Å²) in [5.74, 6) is 4.54. The number of rotatable bonds is 16. The van der Waals surface area contributed by atoms with E-state index in [1.807, 2.05) is 48.5 Å². The van der Waals surface area contributed by atoms with E-state index in [1.54, 1.807) is 24.3 Å². The van der Waals surface area contributed by atoms with Gasteiger partial charge in [-0.3, -0.25) is 29.0 Å². The van der Waals surface area contributed by atoms with Gasteiger partial charge in [0.15, 0.2) is 0 Å². The van der Waals surface area contributed by atoms with Crippen molar-refractivity contribution in [1.29, 1.82) is 0 Å². The van der Waals surface area contributed by atoms with Gasteiger partial charge in [0.1, 0.15) is 24.7 Å². The van der Waals surface area contributed by atoms with Crippen LogP contribution in [0.1, 0.15) is 65.4 Å². The molecule has 0 unspecified atom stereocenters. The highest BCUT2D eigenvalue weighted by atomic mass is 16.5. The maximum absolute atomic E-state index is 13.6. The van der Waals surface area contributed by atoms with Crippen molar-refractivity contribution < 1.29 is 28.7 Å². The Kier molecular flexibility index (Phi) is 10.5. The number of hydrogen-bond donors (Lipinski definition) is 2. The molecule has 0 aromatic heterocycles. The van der Waals surface area contributed by atoms with E-state index >= 15 is 0 Å². The van der Waals surface area contributed by atoms with Crippen LogP contribution in [0, 0.1) is 24.7 Å². The molecular formula is C40H36N4O6. The van der Waals surface area contributed by atoms with Crippen LogP contribution in [0.2, 0.25) is 0 Å². The first-order valence-corrected chi connectivity index (χ1v) is 16.4. The van der Waals surface area contributed by atoms with Gasteiger partial charge in [-0.1, -0.05) is 36.1 Å². The number of hydrogen-bond acceptors (Lipinski definition) is 8. The third kappa shape index (κ3) is 7.08. The molecular weight excluding hydrogens is 632 g/mol. The van der Waals surface area contributed by atoms with Gasteiger partial charge in [0.25, 0.3) is 23.6 Å². The van der Waals surface area contributed by atoms with E-state index in [0.717, 1.165) is 11.1 Å². The van der Waals surface area contributed by atoms with Crippen molar-refractivity contribution in [3.63, 3.8) is 0 Å². The second kappa shape index (κ2) is 15.5. The van der Waals surface area contributed by atoms with Crippen molar-refractivity contribution >= 4 is 34.4 Å². The Morgan fingerprint density at radius 2 is 0.860 bits per heavy atom. The minimum atomic E-state index is -0.433. The minimum Gasteiger partial charge on any atom is -0.481 e. The van der Waals surface area contributed by atoms with E-state index in [1.165, 1.54) is 9.80 Å². The van der Waals surface area contributed by atoms with Crippen molar-refractivity contribution in [3.8, 4) is 36.2 Å². The molecule has 10 heteroatoms. The van der Waals surface area contributed by atoms with Gasteiger partial charge < -0.3 is 20.1 Å². The standard InChI is InChI=1S/C40H36N4O6/c1-3-23-49-29-11-7-27(8-12-29)25-41-19-5-21-43-37(45)31-15-17-33-36-34(18-16-32(35(31)36)38(43)46)40(48)44(39(33)47)22-6-20-42-26-28-9-13-30(14-10-28)50-24-4-2/h1-2,7-18,41-42H,5-6,19-26H2. The molecule has 2 heterocycles. The van der Waals surface area contributed by atoms with Crippen molar-refractivity contribution in [2.75, 3.05) is 39.4 Å². The fraction of sp³-hybridized carbons (Fsp3) is 0.250. The molecule has 4 aromatic rings. The number of ether oxygens (including phenoxy) is 2. The Balaban J connectivity index is 1.04. The molecule has 2 aliphatic rings. The molecule has 0 spiro atoms. The van der Waals surface area contributed by atoms with Gasteiger partial charge in [-0.2, -0.15) is 0 Å². The highest BCUT2D eigenvalue weighted by Crippen LogP contribution is 2.38. The van der Waals surface area contributed by atoms with Crippen LogP contribution >= 0.6 is 0 Å². The minimum absolute atomic E-state index is 0.213. The van der Waals surface area contributed by atoms with Crippen LogP contribution < -0.4 is 20.1 Å². The molecule has 0 saturated heterocycles. The summed E-state index contributed by atoms with van der Waals surface area (Å²) in [5, 5.41) is 7.42. The SMILES string of the molecule is C#CCOc1ccc(CNCCCN2C(=O)c3ccc4c5c(ccc(c35)C2=O)C(=O)N(CCCNCc2ccc(OCC#C)cc2)C4=O)cc1. The van der Waals surface area contributed by atoms with Crippen molar-refractivity contribution in [2.24, 2.45) is 0 Å². The monoisotopic (exact) mass is 668 g/mol. The average Bonchev–Trinajstić information content (AvgIpc) is 3.14. The summed E-state index contributed by atoms with van der Waals surface area (Å²) in [6, 6.07) is 21.6. The van der Waals surface area contributed by atoms with E-state index in [0.29, 0.717) is 83.5 Å². The van der Waals surface area contributed by atoms with Crippen LogP contribution in [0.3, 0.4) is 0 Å². The number of benzene rings is 4. The van der Waals surface area contributed by atoms with Gasteiger partial charge >= 0.3 is 0 Å². The predicted octanol–water partition coefficient (Wildman–Crippen LogP) is 4.42. The molecule has 0 saturated carbocycles. The Morgan fingerprint density at radius 1 is 0.520 bits per heavy atom. The number of amides is 4. The van der Waals surface area contributed by atoms with Gasteiger partial charge in [-0.15, -0.1) is 12.8 Å². The zero-order chi connectivity index (χ0) is 35.0. The van der Waals surface area contributed by atoms with E-state index in [9.17, 15) is 19.2 Å². The smallest absolute Gasteiger partial charge is 0.261 e. The van der Waals surface area contributed by atoms with Crippen LogP contribution in [0.4, 0.5) is 0 Å². The molecule has 252 valence electrons. The number of carbonyl (C=O) groups excluding carboxylic acids is 4. The molecule has 6 rings (SSSR count). The highest BCUT2D eigenvalue weighted by molar-refractivity contribution is 6.33. The first kappa shape index (κ1) is 33.9. The predicted molar refractivity (Wildman–Crippen MR) is 189 cm³/mol. The van der Waals surface area contributed by atoms with Crippen LogP contribution in [-0.4, -0.2) is 72.8 Å². The summed E-state index contributed by atoms with van der Waals surface area (Å²) in [5.41, 5.74) is 3.37. The van der Waals surface area contributed by atoms with E-state index < -0.39 is 23.6 Å². The number of carbonyl (C=O) groups is 4. The number of imide groups is 2. The molecule has 4 amide bonds. The lowest BCUT2D eigenvalue weighted by atomic mass is 9.86. The third-order valence-corrected chi connectivity index (χ3v) is 8.68. The summed E-state index contributed by atoms with van der Waals surface area (Å²) in [4.78, 5) is 56.8. The lowest BCUT2D eigenvalue weighted by Crippen LogP contribution is -2.44. The van der Waals surface area contributed by atoms with Crippen molar-refractivity contribution in [2.45, 2.75) is 25.9 Å². The second-order valence-corrected chi connectivity index (χ2v) is 11.9. The summed E-state index contributed by atoms with van der Waals surface area (Å²) in [7, 11) is 0. The maximum Gasteiger partial charge on any atom is 0.261 e. The molecule has 0 fully saturated rings. The van der Waals surface area contributed by atoms with Gasteiger partial charge in [-0.25, -0.2) is 0 Å².